The molecule has 4 nitrogen and oxygen atoms in total. The minimum atomic E-state index is -0.158. The van der Waals surface area contributed by atoms with Gasteiger partial charge in [0.2, 0.25) is 0 Å². The second-order valence-electron chi connectivity index (χ2n) is 5.86. The summed E-state index contributed by atoms with van der Waals surface area (Å²) >= 11 is 5.84. The molecule has 1 N–H and O–H groups in total. The molecule has 0 saturated heterocycles. The SMILES string of the molecule is CC(=O)CCc1ccc(OCC(=O)NCCc2ccc(Cl)cc2)cc1. The zero-order valence-corrected chi connectivity index (χ0v) is 15.0. The lowest BCUT2D eigenvalue weighted by Crippen LogP contribution is -2.30. The number of rotatable bonds is 9. The highest BCUT2D eigenvalue weighted by Gasteiger charge is 2.03. The van der Waals surface area contributed by atoms with Crippen LogP contribution in [0.3, 0.4) is 0 Å². The number of carbonyl (C=O) groups excluding carboxylic acids is 2. The van der Waals surface area contributed by atoms with Crippen LogP contribution in [0.1, 0.15) is 24.5 Å². The molecule has 2 rings (SSSR count). The zero-order chi connectivity index (χ0) is 18.1. The number of benzene rings is 2. The molecule has 1 amide bonds. The van der Waals surface area contributed by atoms with Crippen LogP contribution in [-0.4, -0.2) is 24.8 Å². The fourth-order valence-corrected chi connectivity index (χ4v) is 2.40. The summed E-state index contributed by atoms with van der Waals surface area (Å²) in [5, 5.41) is 3.53. The van der Waals surface area contributed by atoms with Crippen LogP contribution in [0.5, 0.6) is 5.75 Å². The molecule has 0 saturated carbocycles. The van der Waals surface area contributed by atoms with Gasteiger partial charge in [-0.3, -0.25) is 4.79 Å². The van der Waals surface area contributed by atoms with Crippen molar-refractivity contribution >= 4 is 23.3 Å². The predicted octanol–water partition coefficient (Wildman–Crippen LogP) is 3.60. The van der Waals surface area contributed by atoms with Crippen LogP contribution in [0.2, 0.25) is 5.02 Å². The monoisotopic (exact) mass is 359 g/mol. The lowest BCUT2D eigenvalue weighted by molar-refractivity contribution is -0.123. The van der Waals surface area contributed by atoms with E-state index in [0.717, 1.165) is 24.0 Å². The van der Waals surface area contributed by atoms with E-state index in [1.807, 2.05) is 48.5 Å². The molecule has 0 unspecified atom stereocenters. The first-order valence-corrected chi connectivity index (χ1v) is 8.63. The van der Waals surface area contributed by atoms with Crippen molar-refractivity contribution in [3.8, 4) is 5.75 Å². The number of hydrogen-bond donors (Lipinski definition) is 1. The maximum Gasteiger partial charge on any atom is 0.257 e. The Hall–Kier alpha value is -2.33. The molecule has 2 aromatic carbocycles. The van der Waals surface area contributed by atoms with Crippen molar-refractivity contribution in [1.29, 1.82) is 0 Å². The molecule has 25 heavy (non-hydrogen) atoms. The number of Topliss-reactive ketones (excluding diaryl/α,β-unsaturated/α-hetero) is 1. The molecule has 2 aromatic rings. The Morgan fingerprint density at radius 2 is 1.56 bits per heavy atom. The first kappa shape index (κ1) is 19.0. The summed E-state index contributed by atoms with van der Waals surface area (Å²) in [4.78, 5) is 22.8. The Bertz CT molecular complexity index is 696. The number of ketones is 1. The number of aryl methyl sites for hydroxylation is 1. The van der Waals surface area contributed by atoms with Gasteiger partial charge < -0.3 is 14.8 Å². The van der Waals surface area contributed by atoms with Gasteiger partial charge in [-0.15, -0.1) is 0 Å². The molecule has 0 radical (unpaired) electrons. The van der Waals surface area contributed by atoms with Crippen molar-refractivity contribution in [3.63, 3.8) is 0 Å². The summed E-state index contributed by atoms with van der Waals surface area (Å²) in [6.45, 7) is 2.12. The standard InChI is InChI=1S/C20H22ClNO3/c1-15(23)2-3-16-6-10-19(11-7-16)25-14-20(24)22-13-12-17-4-8-18(21)9-5-17/h4-11H,2-3,12-14H2,1H3,(H,22,24). The molecule has 0 aliphatic heterocycles. The predicted molar refractivity (Wildman–Crippen MR) is 99.1 cm³/mol. The van der Waals surface area contributed by atoms with E-state index in [0.29, 0.717) is 23.7 Å². The van der Waals surface area contributed by atoms with Gasteiger partial charge in [0.15, 0.2) is 6.61 Å². The van der Waals surface area contributed by atoms with E-state index in [1.165, 1.54) is 0 Å². The minimum absolute atomic E-state index is 0.0204. The highest BCUT2D eigenvalue weighted by molar-refractivity contribution is 6.30. The van der Waals surface area contributed by atoms with Crippen LogP contribution < -0.4 is 10.1 Å². The second-order valence-corrected chi connectivity index (χ2v) is 6.30. The third-order valence-electron chi connectivity index (χ3n) is 3.71. The lowest BCUT2D eigenvalue weighted by atomic mass is 10.1. The number of halogens is 1. The Balaban J connectivity index is 1.67. The van der Waals surface area contributed by atoms with Crippen LogP contribution in [0.25, 0.3) is 0 Å². The molecule has 0 aromatic heterocycles. The van der Waals surface area contributed by atoms with Crippen molar-refractivity contribution in [2.75, 3.05) is 13.2 Å². The number of ether oxygens (including phenoxy) is 1. The maximum absolute atomic E-state index is 11.8. The van der Waals surface area contributed by atoms with E-state index >= 15 is 0 Å². The number of nitrogens with one attached hydrogen (secondary N) is 1. The molecule has 0 fully saturated rings. The second kappa shape index (κ2) is 9.84. The topological polar surface area (TPSA) is 55.4 Å². The Kier molecular flexibility index (Phi) is 7.48. The molecule has 132 valence electrons. The van der Waals surface area contributed by atoms with E-state index in [-0.39, 0.29) is 18.3 Å². The quantitative estimate of drug-likeness (QED) is 0.744. The smallest absolute Gasteiger partial charge is 0.257 e. The molecule has 0 spiro atoms. The van der Waals surface area contributed by atoms with E-state index < -0.39 is 0 Å². The van der Waals surface area contributed by atoms with Crippen LogP contribution in [0.15, 0.2) is 48.5 Å². The molecule has 0 bridgehead atoms. The molecule has 0 aliphatic carbocycles. The molecule has 0 heterocycles. The summed E-state index contributed by atoms with van der Waals surface area (Å²) in [6, 6.07) is 15.0. The first-order chi connectivity index (χ1) is 12.0. The first-order valence-electron chi connectivity index (χ1n) is 8.25. The minimum Gasteiger partial charge on any atom is -0.484 e. The van der Waals surface area contributed by atoms with Gasteiger partial charge in [-0.05, 0) is 55.2 Å². The van der Waals surface area contributed by atoms with E-state index in [2.05, 4.69) is 5.32 Å². The lowest BCUT2D eigenvalue weighted by Gasteiger charge is -2.08. The molecular weight excluding hydrogens is 338 g/mol. The highest BCUT2D eigenvalue weighted by Crippen LogP contribution is 2.13. The van der Waals surface area contributed by atoms with Crippen molar-refractivity contribution in [2.45, 2.75) is 26.2 Å². The van der Waals surface area contributed by atoms with Gasteiger partial charge in [-0.25, -0.2) is 0 Å². The van der Waals surface area contributed by atoms with Crippen LogP contribution >= 0.6 is 11.6 Å². The summed E-state index contributed by atoms with van der Waals surface area (Å²) in [7, 11) is 0. The van der Waals surface area contributed by atoms with Gasteiger partial charge in [-0.2, -0.15) is 0 Å². The third-order valence-corrected chi connectivity index (χ3v) is 3.96. The van der Waals surface area contributed by atoms with Gasteiger partial charge in [0.05, 0.1) is 0 Å². The van der Waals surface area contributed by atoms with E-state index in [9.17, 15) is 9.59 Å². The van der Waals surface area contributed by atoms with E-state index in [4.69, 9.17) is 16.3 Å². The average Bonchev–Trinajstić information content (AvgIpc) is 2.61. The van der Waals surface area contributed by atoms with Gasteiger partial charge in [0.25, 0.3) is 5.91 Å². The fourth-order valence-electron chi connectivity index (χ4n) is 2.27. The van der Waals surface area contributed by atoms with Crippen molar-refractivity contribution < 1.29 is 14.3 Å². The highest BCUT2D eigenvalue weighted by atomic mass is 35.5. The van der Waals surface area contributed by atoms with Crippen LogP contribution in [-0.2, 0) is 22.4 Å². The largest absolute Gasteiger partial charge is 0.484 e. The van der Waals surface area contributed by atoms with E-state index in [1.54, 1.807) is 6.92 Å². The fraction of sp³-hybridized carbons (Fsp3) is 0.300. The van der Waals surface area contributed by atoms with Crippen molar-refractivity contribution in [1.82, 2.24) is 5.32 Å². The number of hydrogen-bond acceptors (Lipinski definition) is 3. The normalized spacial score (nSPS) is 10.3. The Morgan fingerprint density at radius 3 is 2.20 bits per heavy atom. The molecule has 0 atom stereocenters. The Morgan fingerprint density at radius 1 is 0.960 bits per heavy atom. The zero-order valence-electron chi connectivity index (χ0n) is 14.3. The van der Waals surface area contributed by atoms with Crippen molar-refractivity contribution in [2.24, 2.45) is 0 Å². The third kappa shape index (κ3) is 7.40. The Labute approximate surface area is 153 Å². The average molecular weight is 360 g/mol. The number of amides is 1. The van der Waals surface area contributed by atoms with Gasteiger partial charge in [0, 0.05) is 18.0 Å². The summed E-state index contributed by atoms with van der Waals surface area (Å²) in [6.07, 6.45) is 2.00. The summed E-state index contributed by atoms with van der Waals surface area (Å²) < 4.78 is 5.47. The molecule has 5 heteroatoms. The van der Waals surface area contributed by atoms with Crippen LogP contribution in [0.4, 0.5) is 0 Å². The van der Waals surface area contributed by atoms with Gasteiger partial charge in [0.1, 0.15) is 11.5 Å². The number of carbonyl (C=O) groups is 2. The van der Waals surface area contributed by atoms with Gasteiger partial charge >= 0.3 is 0 Å². The summed E-state index contributed by atoms with van der Waals surface area (Å²) in [5.41, 5.74) is 2.20. The summed E-state index contributed by atoms with van der Waals surface area (Å²) in [5.74, 6) is 0.657. The van der Waals surface area contributed by atoms with Crippen molar-refractivity contribution in [3.05, 3.63) is 64.7 Å². The van der Waals surface area contributed by atoms with Crippen LogP contribution in [0, 0.1) is 0 Å². The maximum atomic E-state index is 11.8. The molecular formula is C20H22ClNO3. The van der Waals surface area contributed by atoms with Gasteiger partial charge in [-0.1, -0.05) is 35.9 Å². The molecule has 0 aliphatic rings.